The van der Waals surface area contributed by atoms with Crippen molar-refractivity contribution in [2.75, 3.05) is 43.3 Å². The van der Waals surface area contributed by atoms with Gasteiger partial charge in [-0.25, -0.2) is 43.2 Å². The topological polar surface area (TPSA) is 96.0 Å². The fraction of sp³-hybridized carbons (Fsp3) is 0.510. The molecule has 0 bridgehead atoms. The van der Waals surface area contributed by atoms with Crippen LogP contribution in [0.1, 0.15) is 86.1 Å². The molecular weight excluding hydrogens is 936 g/mol. The van der Waals surface area contributed by atoms with Crippen molar-refractivity contribution >= 4 is 19.7 Å². The van der Waals surface area contributed by atoms with Gasteiger partial charge in [-0.15, -0.1) is 0 Å². The second-order valence-electron chi connectivity index (χ2n) is 18.5. The number of halogens is 9. The molecule has 67 heavy (non-hydrogen) atoms. The molecule has 4 aliphatic rings. The third-order valence-electron chi connectivity index (χ3n) is 14.0. The Bertz CT molecular complexity index is 2620. The number of hydrogen-bond acceptors (Lipinski definition) is 7. The Morgan fingerprint density at radius 1 is 0.657 bits per heavy atom. The van der Waals surface area contributed by atoms with Gasteiger partial charge in [-0.2, -0.15) is 13.2 Å². The Balaban J connectivity index is 0.000000199. The average Bonchev–Trinajstić information content (AvgIpc) is 3.24. The summed E-state index contributed by atoms with van der Waals surface area (Å²) in [6.45, 7) is 2.07. The first-order valence-corrected chi connectivity index (χ1v) is 26.3. The number of ether oxygens (including phenoxy) is 3. The summed E-state index contributed by atoms with van der Waals surface area (Å²) < 4.78 is 192. The van der Waals surface area contributed by atoms with Crippen LogP contribution in [0, 0.1) is 52.7 Å². The van der Waals surface area contributed by atoms with Gasteiger partial charge >= 0.3 is 6.18 Å². The molecule has 4 aromatic carbocycles. The maximum Gasteiger partial charge on any atom is 0.416 e. The van der Waals surface area contributed by atoms with Gasteiger partial charge in [0.2, 0.25) is 0 Å². The van der Waals surface area contributed by atoms with Crippen molar-refractivity contribution in [2.45, 2.75) is 94.2 Å². The lowest BCUT2D eigenvalue weighted by Crippen LogP contribution is -2.55. The fourth-order valence-corrected chi connectivity index (χ4v) is 13.3. The molecule has 0 unspecified atom stereocenters. The van der Waals surface area contributed by atoms with E-state index in [1.54, 1.807) is 6.92 Å². The van der Waals surface area contributed by atoms with Gasteiger partial charge in [-0.05, 0) is 123 Å². The summed E-state index contributed by atoms with van der Waals surface area (Å²) >= 11 is 0. The van der Waals surface area contributed by atoms with Gasteiger partial charge in [0.1, 0.15) is 42.9 Å². The molecular formula is C49H53F9O7S2. The summed E-state index contributed by atoms with van der Waals surface area (Å²) in [5.74, 6) is -5.24. The van der Waals surface area contributed by atoms with Crippen molar-refractivity contribution in [3.8, 4) is 11.5 Å². The molecule has 0 spiro atoms. The van der Waals surface area contributed by atoms with Crippen LogP contribution >= 0.6 is 0 Å². The summed E-state index contributed by atoms with van der Waals surface area (Å²) in [6, 6.07) is 12.0. The van der Waals surface area contributed by atoms with E-state index in [9.17, 15) is 47.6 Å². The lowest BCUT2D eigenvalue weighted by molar-refractivity contribution is -0.137. The standard InChI is InChI=1S/C25H27F5O3S.C24H26F4O4S/c1-34(31,32)13-3-5-17-4-2-12-24(14-16-6-8-18(9-7-16)25(28,29)30)19(17)15-33-23-21(27)11-10-20(26)22(23)24;1-2-8-33(29,30)9-5-21-18-14-32-23-20(28)4-3-19(27)22(23)24(18,6-7-31-21)13-15-10-16(25)12-17(26)11-15/h6-11,17,19H,2-5,12-15H2,1H3;3-4,10-12,18,21H,2,5-9,13-14H2,1H3/t17-,19-,24-;18-,21-,24-/m00/s1. The van der Waals surface area contributed by atoms with Gasteiger partial charge in [-0.3, -0.25) is 0 Å². The molecule has 0 radical (unpaired) electrons. The predicted octanol–water partition coefficient (Wildman–Crippen LogP) is 10.8. The first-order chi connectivity index (χ1) is 31.6. The maximum absolute atomic E-state index is 15.3. The summed E-state index contributed by atoms with van der Waals surface area (Å²) in [4.78, 5) is 0. The normalized spacial score (nSPS) is 24.7. The molecule has 18 heteroatoms. The number of fused-ring (bicyclic) bond motifs is 6. The fourth-order valence-electron chi connectivity index (χ4n) is 11.2. The zero-order valence-electron chi connectivity index (χ0n) is 37.0. The van der Waals surface area contributed by atoms with Crippen LogP contribution in [0.4, 0.5) is 39.5 Å². The molecule has 4 aromatic rings. The van der Waals surface area contributed by atoms with E-state index in [1.165, 1.54) is 30.5 Å². The Morgan fingerprint density at radius 2 is 1.21 bits per heavy atom. The quantitative estimate of drug-likeness (QED) is 0.123. The molecule has 1 saturated heterocycles. The molecule has 8 rings (SSSR count). The van der Waals surface area contributed by atoms with Gasteiger partial charge in [-0.1, -0.05) is 25.5 Å². The average molecular weight is 989 g/mol. The molecule has 7 nitrogen and oxygen atoms in total. The minimum Gasteiger partial charge on any atom is -0.490 e. The Hall–Kier alpha value is -4.29. The SMILES string of the molecule is CCCS(=O)(=O)CC[C@@H]1OCC[C@@]2(Cc3cc(F)cc(F)c3)c3c(F)ccc(F)c3OC[C@@H]12.CS(=O)(=O)CCC[C@@H]1CCC[C@@]2(Cc3ccc(C(F)(F)F)cc3)c3c(F)ccc(F)c3OC[C@@H]12. The van der Waals surface area contributed by atoms with E-state index in [4.69, 9.17) is 14.2 Å². The van der Waals surface area contributed by atoms with Gasteiger partial charge in [0.05, 0.1) is 30.6 Å². The van der Waals surface area contributed by atoms with Crippen LogP contribution in [0.15, 0.2) is 66.7 Å². The highest BCUT2D eigenvalue weighted by Crippen LogP contribution is 2.56. The van der Waals surface area contributed by atoms with Crippen LogP contribution in [-0.2, 0) is 54.3 Å². The highest BCUT2D eigenvalue weighted by atomic mass is 32.2. The minimum atomic E-state index is -4.46. The van der Waals surface area contributed by atoms with Crippen molar-refractivity contribution in [2.24, 2.45) is 17.8 Å². The van der Waals surface area contributed by atoms with E-state index in [0.717, 1.165) is 55.3 Å². The third-order valence-corrected chi connectivity index (χ3v) is 16.9. The summed E-state index contributed by atoms with van der Waals surface area (Å²) in [7, 11) is -6.42. The van der Waals surface area contributed by atoms with Crippen molar-refractivity contribution in [3.05, 3.63) is 129 Å². The van der Waals surface area contributed by atoms with E-state index >= 15 is 8.78 Å². The van der Waals surface area contributed by atoms with Gasteiger partial charge < -0.3 is 14.2 Å². The summed E-state index contributed by atoms with van der Waals surface area (Å²) in [5.41, 5.74) is -1.62. The molecule has 0 N–H and O–H groups in total. The van der Waals surface area contributed by atoms with Crippen LogP contribution < -0.4 is 9.47 Å². The van der Waals surface area contributed by atoms with E-state index < -0.39 is 89.2 Å². The highest BCUT2D eigenvalue weighted by molar-refractivity contribution is 7.91. The van der Waals surface area contributed by atoms with Crippen LogP contribution in [0.2, 0.25) is 0 Å². The molecule has 2 fully saturated rings. The van der Waals surface area contributed by atoms with E-state index in [2.05, 4.69) is 0 Å². The number of benzene rings is 4. The molecule has 1 aliphatic carbocycles. The van der Waals surface area contributed by atoms with Crippen LogP contribution in [0.25, 0.3) is 0 Å². The van der Waals surface area contributed by atoms with Crippen molar-refractivity contribution in [1.29, 1.82) is 0 Å². The van der Waals surface area contributed by atoms with E-state index in [1.807, 2.05) is 0 Å². The largest absolute Gasteiger partial charge is 0.490 e. The second-order valence-corrected chi connectivity index (χ2v) is 23.0. The molecule has 0 aromatic heterocycles. The highest BCUT2D eigenvalue weighted by Gasteiger charge is 2.55. The zero-order chi connectivity index (χ0) is 48.5. The molecule has 366 valence electrons. The number of sulfone groups is 2. The van der Waals surface area contributed by atoms with Crippen molar-refractivity contribution in [3.63, 3.8) is 0 Å². The number of alkyl halides is 3. The van der Waals surface area contributed by atoms with E-state index in [-0.39, 0.29) is 97.2 Å². The van der Waals surface area contributed by atoms with Crippen molar-refractivity contribution < 1.29 is 70.6 Å². The number of hydrogen-bond donors (Lipinski definition) is 0. The van der Waals surface area contributed by atoms with Gasteiger partial charge in [0, 0.05) is 64.2 Å². The van der Waals surface area contributed by atoms with Gasteiger partial charge in [0.25, 0.3) is 0 Å². The molecule has 3 aliphatic heterocycles. The maximum atomic E-state index is 15.3. The smallest absolute Gasteiger partial charge is 0.416 e. The first kappa shape index (κ1) is 50.6. The zero-order valence-corrected chi connectivity index (χ0v) is 38.7. The summed E-state index contributed by atoms with van der Waals surface area (Å²) in [5, 5.41) is 0. The third kappa shape index (κ3) is 11.1. The van der Waals surface area contributed by atoms with Crippen LogP contribution in [-0.4, -0.2) is 66.3 Å². The van der Waals surface area contributed by atoms with Crippen LogP contribution in [0.5, 0.6) is 11.5 Å². The van der Waals surface area contributed by atoms with Gasteiger partial charge in [0.15, 0.2) is 23.1 Å². The molecule has 0 amide bonds. The Morgan fingerprint density at radius 3 is 1.78 bits per heavy atom. The molecule has 3 heterocycles. The van der Waals surface area contributed by atoms with E-state index in [0.29, 0.717) is 36.8 Å². The Kier molecular flexibility index (Phi) is 15.1. The predicted molar refractivity (Wildman–Crippen MR) is 233 cm³/mol. The van der Waals surface area contributed by atoms with Crippen LogP contribution in [0.3, 0.4) is 0 Å². The minimum absolute atomic E-state index is 0.0214. The first-order valence-electron chi connectivity index (χ1n) is 22.4. The monoisotopic (exact) mass is 988 g/mol. The second kappa shape index (κ2) is 20.0. The number of rotatable bonds is 13. The molecule has 6 atom stereocenters. The molecule has 1 saturated carbocycles. The lowest BCUT2D eigenvalue weighted by atomic mass is 9.55. The van der Waals surface area contributed by atoms with Crippen molar-refractivity contribution in [1.82, 2.24) is 0 Å². The summed E-state index contributed by atoms with van der Waals surface area (Å²) in [6.07, 6.45) is 0.444. The lowest BCUT2D eigenvalue weighted by Gasteiger charge is -2.52. The Labute approximate surface area is 385 Å².